The van der Waals surface area contributed by atoms with Crippen LogP contribution < -0.4 is 0 Å². The summed E-state index contributed by atoms with van der Waals surface area (Å²) in [5.41, 5.74) is -2.09. The molecule has 0 amide bonds. The van der Waals surface area contributed by atoms with Gasteiger partial charge in [0.15, 0.2) is 0 Å². The second-order valence-electron chi connectivity index (χ2n) is 6.27. The smallest absolute Gasteiger partial charge is 0.0983 e. The zero-order chi connectivity index (χ0) is 13.3. The standard InChI is InChI=1S/C14H30O2/c1-9(2)13(15,10(3)4)14(16,11(5)6)12(7)8/h9-12,15-16H,1-8H3. The second-order valence-corrected chi connectivity index (χ2v) is 6.27. The zero-order valence-electron chi connectivity index (χ0n) is 12.2. The number of hydrogen-bond donors (Lipinski definition) is 2. The lowest BCUT2D eigenvalue weighted by molar-refractivity contribution is -0.238. The second kappa shape index (κ2) is 5.05. The van der Waals surface area contributed by atoms with Crippen molar-refractivity contribution >= 4 is 0 Å². The average Bonchev–Trinajstić information content (AvgIpc) is 2.13. The minimum atomic E-state index is -1.05. The molecular formula is C14H30O2. The fourth-order valence-corrected chi connectivity index (χ4v) is 3.18. The van der Waals surface area contributed by atoms with Crippen molar-refractivity contribution in [1.82, 2.24) is 0 Å². The summed E-state index contributed by atoms with van der Waals surface area (Å²) in [6.07, 6.45) is 0. The largest absolute Gasteiger partial charge is 0.386 e. The Hall–Kier alpha value is -0.0800. The molecule has 0 aromatic rings. The molecule has 2 N–H and O–H groups in total. The first kappa shape index (κ1) is 15.9. The van der Waals surface area contributed by atoms with Crippen LogP contribution in [0.15, 0.2) is 0 Å². The van der Waals surface area contributed by atoms with E-state index >= 15 is 0 Å². The van der Waals surface area contributed by atoms with Crippen LogP contribution >= 0.6 is 0 Å². The Bertz CT molecular complexity index is 177. The van der Waals surface area contributed by atoms with Crippen LogP contribution in [0.5, 0.6) is 0 Å². The Labute approximate surface area is 101 Å². The molecule has 0 unspecified atom stereocenters. The molecule has 2 nitrogen and oxygen atoms in total. The van der Waals surface area contributed by atoms with E-state index in [2.05, 4.69) is 0 Å². The molecule has 98 valence electrons. The van der Waals surface area contributed by atoms with Crippen molar-refractivity contribution in [3.8, 4) is 0 Å². The highest BCUT2D eigenvalue weighted by atomic mass is 16.4. The summed E-state index contributed by atoms with van der Waals surface area (Å²) in [6.45, 7) is 15.9. The van der Waals surface area contributed by atoms with Crippen LogP contribution in [0.4, 0.5) is 0 Å². The van der Waals surface area contributed by atoms with Gasteiger partial charge in [0.2, 0.25) is 0 Å². The van der Waals surface area contributed by atoms with Crippen molar-refractivity contribution in [2.75, 3.05) is 0 Å². The monoisotopic (exact) mass is 230 g/mol. The molecule has 0 aliphatic carbocycles. The summed E-state index contributed by atoms with van der Waals surface area (Å²) in [6, 6.07) is 0. The SMILES string of the molecule is CC(C)C(O)(C(C)C)C(O)(C(C)C)C(C)C. The van der Waals surface area contributed by atoms with E-state index in [0.717, 1.165) is 0 Å². The number of rotatable bonds is 5. The molecule has 2 heteroatoms. The Kier molecular flexibility index (Phi) is 5.03. The van der Waals surface area contributed by atoms with Crippen LogP contribution in [0.2, 0.25) is 0 Å². The molecule has 0 atom stereocenters. The third-order valence-electron chi connectivity index (χ3n) is 4.16. The Balaban J connectivity index is 5.64. The van der Waals surface area contributed by atoms with E-state index in [9.17, 15) is 10.2 Å². The quantitative estimate of drug-likeness (QED) is 0.762. The maximum atomic E-state index is 11.0. The lowest BCUT2D eigenvalue weighted by Gasteiger charge is -2.53. The molecule has 0 bridgehead atoms. The topological polar surface area (TPSA) is 40.5 Å². The highest BCUT2D eigenvalue weighted by Crippen LogP contribution is 2.45. The molecule has 16 heavy (non-hydrogen) atoms. The van der Waals surface area contributed by atoms with Gasteiger partial charge in [-0.2, -0.15) is 0 Å². The lowest BCUT2D eigenvalue weighted by Crippen LogP contribution is -2.66. The summed E-state index contributed by atoms with van der Waals surface area (Å²) in [4.78, 5) is 0. The van der Waals surface area contributed by atoms with Gasteiger partial charge in [-0.25, -0.2) is 0 Å². The van der Waals surface area contributed by atoms with Crippen LogP contribution in [0.25, 0.3) is 0 Å². The van der Waals surface area contributed by atoms with Gasteiger partial charge in [-0.1, -0.05) is 55.4 Å². The van der Waals surface area contributed by atoms with Crippen LogP contribution in [0.1, 0.15) is 55.4 Å². The van der Waals surface area contributed by atoms with E-state index in [-0.39, 0.29) is 23.7 Å². The first-order chi connectivity index (χ1) is 7.02. The van der Waals surface area contributed by atoms with Crippen LogP contribution in [-0.4, -0.2) is 21.4 Å². The molecule has 0 saturated carbocycles. The Morgan fingerprint density at radius 3 is 0.688 bits per heavy atom. The van der Waals surface area contributed by atoms with Gasteiger partial charge in [-0.3, -0.25) is 0 Å². The van der Waals surface area contributed by atoms with Crippen molar-refractivity contribution in [2.24, 2.45) is 23.7 Å². The summed E-state index contributed by atoms with van der Waals surface area (Å²) in [7, 11) is 0. The van der Waals surface area contributed by atoms with Crippen LogP contribution in [0.3, 0.4) is 0 Å². The maximum Gasteiger partial charge on any atom is 0.0983 e. The lowest BCUT2D eigenvalue weighted by atomic mass is 9.60. The van der Waals surface area contributed by atoms with Crippen molar-refractivity contribution in [1.29, 1.82) is 0 Å². The predicted octanol–water partition coefficient (Wildman–Crippen LogP) is 3.07. The summed E-state index contributed by atoms with van der Waals surface area (Å²) in [5.74, 6) is 0.120. The molecule has 0 aliphatic rings. The van der Waals surface area contributed by atoms with Crippen molar-refractivity contribution in [2.45, 2.75) is 66.6 Å². The van der Waals surface area contributed by atoms with E-state index < -0.39 is 11.2 Å². The third kappa shape index (κ3) is 2.14. The first-order valence-corrected chi connectivity index (χ1v) is 6.47. The van der Waals surface area contributed by atoms with Crippen LogP contribution in [-0.2, 0) is 0 Å². The van der Waals surface area contributed by atoms with E-state index in [1.807, 2.05) is 55.4 Å². The van der Waals surface area contributed by atoms with Gasteiger partial charge < -0.3 is 10.2 Å². The van der Waals surface area contributed by atoms with Gasteiger partial charge in [0.1, 0.15) is 0 Å². The van der Waals surface area contributed by atoms with Gasteiger partial charge in [0, 0.05) is 0 Å². The molecule has 0 saturated heterocycles. The highest BCUT2D eigenvalue weighted by Gasteiger charge is 2.56. The zero-order valence-corrected chi connectivity index (χ0v) is 12.2. The average molecular weight is 230 g/mol. The van der Waals surface area contributed by atoms with Crippen molar-refractivity contribution in [3.63, 3.8) is 0 Å². The van der Waals surface area contributed by atoms with Gasteiger partial charge in [0.05, 0.1) is 11.2 Å². The van der Waals surface area contributed by atoms with E-state index in [0.29, 0.717) is 0 Å². The van der Waals surface area contributed by atoms with Crippen LogP contribution in [0, 0.1) is 23.7 Å². The highest BCUT2D eigenvalue weighted by molar-refractivity contribution is 5.06. The molecular weight excluding hydrogens is 200 g/mol. The Morgan fingerprint density at radius 1 is 0.500 bits per heavy atom. The van der Waals surface area contributed by atoms with E-state index in [1.165, 1.54) is 0 Å². The van der Waals surface area contributed by atoms with Gasteiger partial charge in [-0.05, 0) is 23.7 Å². The molecule has 0 aromatic carbocycles. The molecule has 0 aromatic heterocycles. The molecule has 0 fully saturated rings. The maximum absolute atomic E-state index is 11.0. The number of hydrogen-bond acceptors (Lipinski definition) is 2. The predicted molar refractivity (Wildman–Crippen MR) is 69.3 cm³/mol. The summed E-state index contributed by atoms with van der Waals surface area (Å²) >= 11 is 0. The van der Waals surface area contributed by atoms with Gasteiger partial charge in [0.25, 0.3) is 0 Å². The third-order valence-corrected chi connectivity index (χ3v) is 4.16. The fraction of sp³-hybridized carbons (Fsp3) is 1.00. The molecule has 0 heterocycles. The minimum Gasteiger partial charge on any atom is -0.386 e. The number of aliphatic hydroxyl groups is 2. The molecule has 0 radical (unpaired) electrons. The Morgan fingerprint density at radius 2 is 0.625 bits per heavy atom. The van der Waals surface area contributed by atoms with Gasteiger partial charge in [-0.15, -0.1) is 0 Å². The molecule has 0 rings (SSSR count). The van der Waals surface area contributed by atoms with Crippen molar-refractivity contribution in [3.05, 3.63) is 0 Å². The summed E-state index contributed by atoms with van der Waals surface area (Å²) < 4.78 is 0. The van der Waals surface area contributed by atoms with Crippen molar-refractivity contribution < 1.29 is 10.2 Å². The molecule has 0 spiro atoms. The normalized spacial score (nSPS) is 14.6. The molecule has 0 aliphatic heterocycles. The summed E-state index contributed by atoms with van der Waals surface area (Å²) in [5, 5.41) is 22.0. The first-order valence-electron chi connectivity index (χ1n) is 6.47. The fourth-order valence-electron chi connectivity index (χ4n) is 3.18. The van der Waals surface area contributed by atoms with E-state index in [4.69, 9.17) is 0 Å². The minimum absolute atomic E-state index is 0.0299. The van der Waals surface area contributed by atoms with Gasteiger partial charge >= 0.3 is 0 Å². The van der Waals surface area contributed by atoms with E-state index in [1.54, 1.807) is 0 Å².